The van der Waals surface area contributed by atoms with E-state index in [-0.39, 0.29) is 0 Å². The molecule has 2 N–H and O–H groups in total. The number of carboxylic acids is 1. The molecule has 7 nitrogen and oxygen atoms in total. The molecule has 1 unspecified atom stereocenters. The van der Waals surface area contributed by atoms with Crippen LogP contribution in [0.4, 0.5) is 5.95 Å². The summed E-state index contributed by atoms with van der Waals surface area (Å²) in [4.78, 5) is 12.6. The molecule has 1 fully saturated rings. The highest BCUT2D eigenvalue weighted by molar-refractivity contribution is 5.77. The second-order valence-electron chi connectivity index (χ2n) is 3.26. The number of hydrogen-bond acceptors (Lipinski definition) is 5. The van der Waals surface area contributed by atoms with E-state index in [2.05, 4.69) is 20.6 Å². The molecule has 1 atom stereocenters. The van der Waals surface area contributed by atoms with Gasteiger partial charge in [0, 0.05) is 6.54 Å². The van der Waals surface area contributed by atoms with Crippen LogP contribution in [-0.4, -0.2) is 44.3 Å². The van der Waals surface area contributed by atoms with Crippen LogP contribution in [0.25, 0.3) is 0 Å². The van der Waals surface area contributed by atoms with Crippen LogP contribution < -0.4 is 4.90 Å². The summed E-state index contributed by atoms with van der Waals surface area (Å²) >= 11 is 0. The van der Waals surface area contributed by atoms with Crippen molar-refractivity contribution >= 4 is 11.9 Å². The average molecular weight is 197 g/mol. The Hall–Kier alpha value is -1.66. The van der Waals surface area contributed by atoms with Gasteiger partial charge in [0.15, 0.2) is 0 Å². The fourth-order valence-electron chi connectivity index (χ4n) is 1.71. The zero-order valence-electron chi connectivity index (χ0n) is 7.55. The number of aromatic amines is 1. The predicted octanol–water partition coefficient (Wildman–Crippen LogP) is -0.357. The molecule has 0 amide bonds. The minimum atomic E-state index is -0.825. The summed E-state index contributed by atoms with van der Waals surface area (Å²) in [6.07, 6.45) is 2.55. The Kier molecular flexibility index (Phi) is 2.30. The monoisotopic (exact) mass is 197 g/mol. The number of H-pyrrole nitrogens is 1. The van der Waals surface area contributed by atoms with Gasteiger partial charge in [0.25, 0.3) is 5.95 Å². The van der Waals surface area contributed by atoms with Gasteiger partial charge in [0.1, 0.15) is 6.04 Å². The molecule has 0 aromatic carbocycles. The Labute approximate surface area is 80.1 Å². The van der Waals surface area contributed by atoms with Crippen molar-refractivity contribution in [3.05, 3.63) is 0 Å². The van der Waals surface area contributed by atoms with Gasteiger partial charge in [-0.2, -0.15) is 5.21 Å². The number of rotatable bonds is 2. The first-order chi connectivity index (χ1) is 6.79. The lowest BCUT2D eigenvalue weighted by atomic mass is 10.0. The van der Waals surface area contributed by atoms with Gasteiger partial charge in [-0.1, -0.05) is 5.10 Å². The number of aromatic nitrogens is 4. The molecule has 0 radical (unpaired) electrons. The van der Waals surface area contributed by atoms with Crippen molar-refractivity contribution in [1.29, 1.82) is 0 Å². The maximum absolute atomic E-state index is 10.9. The van der Waals surface area contributed by atoms with E-state index in [1.807, 2.05) is 0 Å². The van der Waals surface area contributed by atoms with E-state index >= 15 is 0 Å². The van der Waals surface area contributed by atoms with Crippen LogP contribution in [0.2, 0.25) is 0 Å². The molecule has 0 aliphatic carbocycles. The van der Waals surface area contributed by atoms with E-state index in [9.17, 15) is 4.79 Å². The zero-order chi connectivity index (χ0) is 9.97. The van der Waals surface area contributed by atoms with Crippen LogP contribution in [-0.2, 0) is 4.79 Å². The van der Waals surface area contributed by atoms with E-state index in [1.165, 1.54) is 0 Å². The molecule has 76 valence electrons. The first-order valence-corrected chi connectivity index (χ1v) is 4.52. The number of carbonyl (C=O) groups is 1. The van der Waals surface area contributed by atoms with E-state index < -0.39 is 12.0 Å². The van der Waals surface area contributed by atoms with E-state index in [1.54, 1.807) is 4.90 Å². The molecule has 0 saturated carbocycles. The molecule has 14 heavy (non-hydrogen) atoms. The molecule has 1 aromatic heterocycles. The molecule has 1 aliphatic rings. The summed E-state index contributed by atoms with van der Waals surface area (Å²) in [5.41, 5.74) is 0. The third kappa shape index (κ3) is 1.52. The highest BCUT2D eigenvalue weighted by Crippen LogP contribution is 2.20. The number of tetrazole rings is 1. The highest BCUT2D eigenvalue weighted by Gasteiger charge is 2.30. The van der Waals surface area contributed by atoms with Crippen molar-refractivity contribution in [1.82, 2.24) is 20.6 Å². The van der Waals surface area contributed by atoms with Crippen LogP contribution >= 0.6 is 0 Å². The lowest BCUT2D eigenvalue weighted by Crippen LogP contribution is -2.45. The molecule has 0 bridgehead atoms. The van der Waals surface area contributed by atoms with Crippen molar-refractivity contribution < 1.29 is 9.90 Å². The second-order valence-corrected chi connectivity index (χ2v) is 3.26. The van der Waals surface area contributed by atoms with Crippen molar-refractivity contribution in [3.63, 3.8) is 0 Å². The van der Waals surface area contributed by atoms with Crippen LogP contribution in [0.5, 0.6) is 0 Å². The Morgan fingerprint density at radius 1 is 1.57 bits per heavy atom. The largest absolute Gasteiger partial charge is 0.480 e. The molecule has 1 aliphatic heterocycles. The Morgan fingerprint density at radius 2 is 2.43 bits per heavy atom. The number of aliphatic carboxylic acids is 1. The average Bonchev–Trinajstić information content (AvgIpc) is 2.70. The van der Waals surface area contributed by atoms with Crippen molar-refractivity contribution in [2.75, 3.05) is 11.4 Å². The number of carboxylic acid groups (broad SMARTS) is 1. The minimum absolute atomic E-state index is 0.372. The van der Waals surface area contributed by atoms with Gasteiger partial charge in [-0.3, -0.25) is 0 Å². The minimum Gasteiger partial charge on any atom is -0.480 e. The molecular weight excluding hydrogens is 186 g/mol. The molecule has 2 heterocycles. The van der Waals surface area contributed by atoms with Crippen LogP contribution in [0.1, 0.15) is 19.3 Å². The van der Waals surface area contributed by atoms with Gasteiger partial charge in [0.2, 0.25) is 0 Å². The third-order valence-corrected chi connectivity index (χ3v) is 2.38. The first kappa shape index (κ1) is 8.92. The molecule has 1 saturated heterocycles. The number of nitrogens with zero attached hydrogens (tertiary/aromatic N) is 4. The number of nitrogens with one attached hydrogen (secondary N) is 1. The number of piperidine rings is 1. The normalized spacial score (nSPS) is 22.3. The summed E-state index contributed by atoms with van der Waals surface area (Å²) < 4.78 is 0. The van der Waals surface area contributed by atoms with Crippen LogP contribution in [0.3, 0.4) is 0 Å². The SMILES string of the molecule is O=C(O)C1CCCCN1c1nn[nH]n1. The zero-order valence-corrected chi connectivity index (χ0v) is 7.55. The van der Waals surface area contributed by atoms with E-state index in [0.29, 0.717) is 18.9 Å². The fraction of sp³-hybridized carbons (Fsp3) is 0.714. The summed E-state index contributed by atoms with van der Waals surface area (Å²) in [6, 6.07) is -0.513. The Morgan fingerprint density at radius 3 is 3.07 bits per heavy atom. The topological polar surface area (TPSA) is 95.0 Å². The van der Waals surface area contributed by atoms with Gasteiger partial charge < -0.3 is 10.0 Å². The maximum Gasteiger partial charge on any atom is 0.326 e. The van der Waals surface area contributed by atoms with Crippen LogP contribution in [0.15, 0.2) is 0 Å². The van der Waals surface area contributed by atoms with Crippen LogP contribution in [0, 0.1) is 0 Å². The van der Waals surface area contributed by atoms with Crippen molar-refractivity contribution in [2.45, 2.75) is 25.3 Å². The quantitative estimate of drug-likeness (QED) is 0.672. The maximum atomic E-state index is 10.9. The van der Waals surface area contributed by atoms with Gasteiger partial charge >= 0.3 is 5.97 Å². The lowest BCUT2D eigenvalue weighted by Gasteiger charge is -2.31. The molecular formula is C7H11N5O2. The summed E-state index contributed by atoms with van der Waals surface area (Å²) in [6.45, 7) is 0.677. The van der Waals surface area contributed by atoms with E-state index in [0.717, 1.165) is 12.8 Å². The number of hydrogen-bond donors (Lipinski definition) is 2. The third-order valence-electron chi connectivity index (χ3n) is 2.38. The summed E-state index contributed by atoms with van der Waals surface area (Å²) in [7, 11) is 0. The number of anilines is 1. The van der Waals surface area contributed by atoms with Gasteiger partial charge in [0.05, 0.1) is 0 Å². The lowest BCUT2D eigenvalue weighted by molar-refractivity contribution is -0.139. The van der Waals surface area contributed by atoms with Crippen molar-refractivity contribution in [2.24, 2.45) is 0 Å². The smallest absolute Gasteiger partial charge is 0.326 e. The molecule has 2 rings (SSSR count). The standard InChI is InChI=1S/C7H11N5O2/c13-6(14)5-3-1-2-4-12(5)7-8-10-11-9-7/h5H,1-4H2,(H,13,14)(H,8,9,10,11). The second kappa shape index (κ2) is 3.60. The fourth-order valence-corrected chi connectivity index (χ4v) is 1.71. The van der Waals surface area contributed by atoms with E-state index in [4.69, 9.17) is 5.11 Å². The summed E-state index contributed by atoms with van der Waals surface area (Å²) in [5, 5.41) is 22.3. The predicted molar refractivity (Wildman–Crippen MR) is 46.8 cm³/mol. The van der Waals surface area contributed by atoms with Gasteiger partial charge in [-0.15, -0.1) is 5.10 Å². The first-order valence-electron chi connectivity index (χ1n) is 4.52. The Bertz CT molecular complexity index is 312. The highest BCUT2D eigenvalue weighted by atomic mass is 16.4. The van der Waals surface area contributed by atoms with Gasteiger partial charge in [-0.05, 0) is 24.5 Å². The summed E-state index contributed by atoms with van der Waals surface area (Å²) in [5.74, 6) is -0.452. The van der Waals surface area contributed by atoms with Gasteiger partial charge in [-0.25, -0.2) is 4.79 Å². The Balaban J connectivity index is 2.18. The molecule has 0 spiro atoms. The van der Waals surface area contributed by atoms with Crippen molar-refractivity contribution in [3.8, 4) is 0 Å². The molecule has 7 heteroatoms. The molecule has 1 aromatic rings.